The first-order valence-electron chi connectivity index (χ1n) is 13.1. The largest absolute Gasteiger partial charge is 0.469 e. The highest BCUT2D eigenvalue weighted by Crippen LogP contribution is 2.30. The van der Waals surface area contributed by atoms with E-state index in [2.05, 4.69) is 26.3 Å². The molecule has 0 aliphatic heterocycles. The van der Waals surface area contributed by atoms with Gasteiger partial charge in [0.2, 0.25) is 5.91 Å². The van der Waals surface area contributed by atoms with E-state index >= 15 is 0 Å². The van der Waals surface area contributed by atoms with Crippen molar-refractivity contribution in [2.75, 3.05) is 7.11 Å². The standard InChI is InChI=1S/C30H31N5O5S/c1-21-8-6-11-23(18-21)20-41-30-33-32-29(34(30)24-14-16-25(17-15-24)35(38)39)26(19-22-9-4-3-5-10-22)31-27(36)12-7-13-28(37)40-2/h3-6,8-11,14-18,26H,7,12-13,19-20H2,1-2H3,(H,31,36). The van der Waals surface area contributed by atoms with Crippen LogP contribution in [0, 0.1) is 17.0 Å². The summed E-state index contributed by atoms with van der Waals surface area (Å²) in [5.41, 5.74) is 3.87. The van der Waals surface area contributed by atoms with Gasteiger partial charge in [0, 0.05) is 36.4 Å². The zero-order valence-electron chi connectivity index (χ0n) is 22.9. The van der Waals surface area contributed by atoms with Crippen LogP contribution in [0.3, 0.4) is 0 Å². The average Bonchev–Trinajstić information content (AvgIpc) is 3.40. The average molecular weight is 574 g/mol. The van der Waals surface area contributed by atoms with Crippen LogP contribution in [0.15, 0.2) is 84.0 Å². The number of aryl methyl sites for hydroxylation is 1. The molecule has 10 nitrogen and oxygen atoms in total. The van der Waals surface area contributed by atoms with Crippen LogP contribution < -0.4 is 5.32 Å². The number of carbonyl (C=O) groups excluding carboxylic acids is 2. The Kier molecular flexibility index (Phi) is 10.2. The number of nitrogens with zero attached hydrogens (tertiary/aromatic N) is 4. The second-order valence-corrected chi connectivity index (χ2v) is 10.4. The topological polar surface area (TPSA) is 129 Å². The van der Waals surface area contributed by atoms with Gasteiger partial charge in [-0.05, 0) is 43.0 Å². The molecule has 0 aliphatic carbocycles. The predicted molar refractivity (Wildman–Crippen MR) is 156 cm³/mol. The molecule has 0 aliphatic rings. The number of hydrogen-bond donors (Lipinski definition) is 1. The van der Waals surface area contributed by atoms with Gasteiger partial charge in [0.05, 0.1) is 18.1 Å². The highest BCUT2D eigenvalue weighted by atomic mass is 32.2. The first-order chi connectivity index (χ1) is 19.8. The number of benzene rings is 3. The van der Waals surface area contributed by atoms with E-state index in [9.17, 15) is 19.7 Å². The summed E-state index contributed by atoms with van der Waals surface area (Å²) in [6.07, 6.45) is 1.08. The minimum absolute atomic E-state index is 0.0305. The van der Waals surface area contributed by atoms with E-state index in [1.807, 2.05) is 60.0 Å². The molecular weight excluding hydrogens is 542 g/mol. The SMILES string of the molecule is COC(=O)CCCC(=O)NC(Cc1ccccc1)c1nnc(SCc2cccc(C)c2)n1-c1ccc([N+](=O)[O-])cc1. The fourth-order valence-electron chi connectivity index (χ4n) is 4.33. The number of ether oxygens (including phenoxy) is 1. The molecule has 0 radical (unpaired) electrons. The molecule has 1 aromatic heterocycles. The molecule has 212 valence electrons. The minimum atomic E-state index is -0.556. The van der Waals surface area contributed by atoms with Gasteiger partial charge in [0.25, 0.3) is 5.69 Å². The third-order valence-corrected chi connectivity index (χ3v) is 7.37. The van der Waals surface area contributed by atoms with Gasteiger partial charge >= 0.3 is 5.97 Å². The highest BCUT2D eigenvalue weighted by molar-refractivity contribution is 7.98. The molecule has 3 aromatic carbocycles. The molecule has 1 N–H and O–H groups in total. The van der Waals surface area contributed by atoms with Gasteiger partial charge in [-0.1, -0.05) is 71.9 Å². The Morgan fingerprint density at radius 2 is 1.73 bits per heavy atom. The number of carbonyl (C=O) groups is 2. The maximum absolute atomic E-state index is 13.0. The van der Waals surface area contributed by atoms with Crippen molar-refractivity contribution in [3.8, 4) is 5.69 Å². The Labute approximate surface area is 242 Å². The number of nitrogens with one attached hydrogen (secondary N) is 1. The van der Waals surface area contributed by atoms with Crippen LogP contribution in [0.2, 0.25) is 0 Å². The monoisotopic (exact) mass is 573 g/mol. The summed E-state index contributed by atoms with van der Waals surface area (Å²) in [4.78, 5) is 35.4. The van der Waals surface area contributed by atoms with Gasteiger partial charge in [0.15, 0.2) is 11.0 Å². The van der Waals surface area contributed by atoms with Crippen LogP contribution in [0.4, 0.5) is 5.69 Å². The van der Waals surface area contributed by atoms with Crippen molar-refractivity contribution in [2.24, 2.45) is 0 Å². The summed E-state index contributed by atoms with van der Waals surface area (Å²) >= 11 is 1.49. The van der Waals surface area contributed by atoms with Crippen molar-refractivity contribution in [1.82, 2.24) is 20.1 Å². The van der Waals surface area contributed by atoms with Crippen LogP contribution in [0.5, 0.6) is 0 Å². The number of thioether (sulfide) groups is 1. The lowest BCUT2D eigenvalue weighted by Gasteiger charge is -2.20. The smallest absolute Gasteiger partial charge is 0.305 e. The molecular formula is C30H31N5O5S. The maximum Gasteiger partial charge on any atom is 0.305 e. The van der Waals surface area contributed by atoms with E-state index in [0.717, 1.165) is 16.7 Å². The highest BCUT2D eigenvalue weighted by Gasteiger charge is 2.25. The van der Waals surface area contributed by atoms with Crippen molar-refractivity contribution in [2.45, 2.75) is 49.6 Å². The van der Waals surface area contributed by atoms with Gasteiger partial charge in [-0.25, -0.2) is 0 Å². The zero-order chi connectivity index (χ0) is 29.2. The van der Waals surface area contributed by atoms with Gasteiger partial charge in [-0.3, -0.25) is 24.3 Å². The Morgan fingerprint density at radius 1 is 1.00 bits per heavy atom. The van der Waals surface area contributed by atoms with Crippen molar-refractivity contribution < 1.29 is 19.2 Å². The molecule has 4 rings (SSSR count). The number of non-ortho nitro benzene ring substituents is 1. The fraction of sp³-hybridized carbons (Fsp3) is 0.267. The second kappa shape index (κ2) is 14.2. The summed E-state index contributed by atoms with van der Waals surface area (Å²) in [6, 6.07) is 23.5. The Balaban J connectivity index is 1.68. The predicted octanol–water partition coefficient (Wildman–Crippen LogP) is 5.52. The van der Waals surface area contributed by atoms with Gasteiger partial charge in [-0.2, -0.15) is 0 Å². The van der Waals surface area contributed by atoms with E-state index in [4.69, 9.17) is 0 Å². The van der Waals surface area contributed by atoms with Gasteiger partial charge in [0.1, 0.15) is 0 Å². The number of aromatic nitrogens is 3. The minimum Gasteiger partial charge on any atom is -0.469 e. The first kappa shape index (κ1) is 29.5. The van der Waals surface area contributed by atoms with Gasteiger partial charge < -0.3 is 10.1 Å². The molecule has 0 saturated heterocycles. The first-order valence-corrected chi connectivity index (χ1v) is 14.1. The molecule has 0 saturated carbocycles. The van der Waals surface area contributed by atoms with Crippen LogP contribution in [0.25, 0.3) is 5.69 Å². The summed E-state index contributed by atoms with van der Waals surface area (Å²) in [5, 5.41) is 24.0. The van der Waals surface area contributed by atoms with Crippen LogP contribution >= 0.6 is 11.8 Å². The van der Waals surface area contributed by atoms with Crippen LogP contribution in [0.1, 0.15) is 47.8 Å². The summed E-state index contributed by atoms with van der Waals surface area (Å²) in [7, 11) is 1.32. The summed E-state index contributed by atoms with van der Waals surface area (Å²) in [6.45, 7) is 2.04. The summed E-state index contributed by atoms with van der Waals surface area (Å²) < 4.78 is 6.52. The molecule has 41 heavy (non-hydrogen) atoms. The molecule has 0 bridgehead atoms. The number of hydrogen-bond acceptors (Lipinski definition) is 8. The van der Waals surface area contributed by atoms with E-state index in [0.29, 0.717) is 35.3 Å². The number of amides is 1. The van der Waals surface area contributed by atoms with Crippen molar-refractivity contribution in [3.05, 3.63) is 111 Å². The summed E-state index contributed by atoms with van der Waals surface area (Å²) in [5.74, 6) is 0.528. The third kappa shape index (κ3) is 8.24. The van der Waals surface area contributed by atoms with Crippen LogP contribution in [-0.2, 0) is 26.5 Å². The molecule has 1 heterocycles. The Hall–Kier alpha value is -4.51. The number of nitro groups is 1. The fourth-order valence-corrected chi connectivity index (χ4v) is 5.24. The van der Waals surface area contributed by atoms with E-state index < -0.39 is 11.0 Å². The molecule has 1 atom stereocenters. The third-order valence-electron chi connectivity index (χ3n) is 6.37. The van der Waals surface area contributed by atoms with Crippen molar-refractivity contribution in [1.29, 1.82) is 0 Å². The number of methoxy groups -OCH3 is 1. The lowest BCUT2D eigenvalue weighted by atomic mass is 10.0. The van der Waals surface area contributed by atoms with Crippen LogP contribution in [-0.4, -0.2) is 38.7 Å². The van der Waals surface area contributed by atoms with E-state index in [1.165, 1.54) is 31.0 Å². The van der Waals surface area contributed by atoms with Crippen molar-refractivity contribution >= 4 is 29.3 Å². The normalized spacial score (nSPS) is 11.6. The lowest BCUT2D eigenvalue weighted by molar-refractivity contribution is -0.384. The Bertz CT molecular complexity index is 1490. The second-order valence-electron chi connectivity index (χ2n) is 9.47. The number of esters is 1. The van der Waals surface area contributed by atoms with E-state index in [1.54, 1.807) is 12.1 Å². The van der Waals surface area contributed by atoms with E-state index in [-0.39, 0.29) is 30.4 Å². The maximum atomic E-state index is 13.0. The molecule has 1 unspecified atom stereocenters. The zero-order valence-corrected chi connectivity index (χ0v) is 23.7. The Morgan fingerprint density at radius 3 is 2.41 bits per heavy atom. The molecule has 4 aromatic rings. The molecule has 1 amide bonds. The molecule has 11 heteroatoms. The molecule has 0 spiro atoms. The quantitative estimate of drug-likeness (QED) is 0.0958. The lowest BCUT2D eigenvalue weighted by Crippen LogP contribution is -2.32. The van der Waals surface area contributed by atoms with Gasteiger partial charge in [-0.15, -0.1) is 10.2 Å². The number of nitro benzene ring substituents is 1. The molecule has 0 fully saturated rings. The van der Waals surface area contributed by atoms with Crippen molar-refractivity contribution in [3.63, 3.8) is 0 Å². The number of rotatable bonds is 13.